The van der Waals surface area contributed by atoms with Crippen molar-refractivity contribution in [1.82, 2.24) is 10.2 Å². The van der Waals surface area contributed by atoms with Gasteiger partial charge in [0.15, 0.2) is 0 Å². The number of nitrogens with zero attached hydrogens (tertiary/aromatic N) is 1. The first-order valence-corrected chi connectivity index (χ1v) is 8.03. The van der Waals surface area contributed by atoms with Crippen LogP contribution >= 0.6 is 27.3 Å². The van der Waals surface area contributed by atoms with E-state index < -0.39 is 0 Å². The van der Waals surface area contributed by atoms with Crippen LogP contribution in [-0.4, -0.2) is 30.1 Å². The molecule has 94 valence electrons. The van der Waals surface area contributed by atoms with Crippen molar-refractivity contribution in [3.63, 3.8) is 0 Å². The van der Waals surface area contributed by atoms with Gasteiger partial charge in [0.1, 0.15) is 0 Å². The summed E-state index contributed by atoms with van der Waals surface area (Å²) < 4.78 is 1.22. The Morgan fingerprint density at radius 3 is 3.06 bits per heavy atom. The summed E-state index contributed by atoms with van der Waals surface area (Å²) in [5.41, 5.74) is 0.368. The van der Waals surface area contributed by atoms with E-state index in [2.05, 4.69) is 44.5 Å². The molecule has 0 aromatic carbocycles. The maximum absolute atomic E-state index is 3.73. The summed E-state index contributed by atoms with van der Waals surface area (Å²) in [6.45, 7) is 7.03. The minimum Gasteiger partial charge on any atom is -0.309 e. The zero-order chi connectivity index (χ0) is 11.9. The van der Waals surface area contributed by atoms with E-state index in [4.69, 9.17) is 0 Å². The van der Waals surface area contributed by atoms with Gasteiger partial charge in [-0.3, -0.25) is 4.90 Å². The van der Waals surface area contributed by atoms with Gasteiger partial charge in [-0.15, -0.1) is 11.3 Å². The van der Waals surface area contributed by atoms with Crippen LogP contribution in [0.15, 0.2) is 15.9 Å². The van der Waals surface area contributed by atoms with Crippen molar-refractivity contribution in [1.29, 1.82) is 0 Å². The molecule has 2 nitrogen and oxygen atoms in total. The Kier molecular flexibility index (Phi) is 3.32. The highest BCUT2D eigenvalue weighted by molar-refractivity contribution is 9.10. The third kappa shape index (κ3) is 2.75. The van der Waals surface area contributed by atoms with E-state index in [1.807, 2.05) is 11.3 Å². The summed E-state index contributed by atoms with van der Waals surface area (Å²) in [5, 5.41) is 5.91. The lowest BCUT2D eigenvalue weighted by Gasteiger charge is -2.41. The highest BCUT2D eigenvalue weighted by Gasteiger charge is 2.43. The summed E-state index contributed by atoms with van der Waals surface area (Å²) >= 11 is 5.39. The van der Waals surface area contributed by atoms with Crippen molar-refractivity contribution in [3.05, 3.63) is 20.8 Å². The van der Waals surface area contributed by atoms with Crippen molar-refractivity contribution in [3.8, 4) is 0 Å². The summed E-state index contributed by atoms with van der Waals surface area (Å²) in [7, 11) is 0. The van der Waals surface area contributed by atoms with Gasteiger partial charge >= 0.3 is 0 Å². The van der Waals surface area contributed by atoms with Crippen LogP contribution in [0.2, 0.25) is 0 Å². The van der Waals surface area contributed by atoms with Crippen molar-refractivity contribution in [2.75, 3.05) is 19.6 Å². The van der Waals surface area contributed by atoms with Crippen molar-refractivity contribution < 1.29 is 0 Å². The van der Waals surface area contributed by atoms with E-state index in [1.54, 1.807) is 0 Å². The van der Waals surface area contributed by atoms with Crippen LogP contribution in [0.4, 0.5) is 0 Å². The number of hydrogen-bond donors (Lipinski definition) is 1. The second-order valence-electron chi connectivity index (χ2n) is 5.56. The molecule has 0 spiro atoms. The fraction of sp³-hybridized carbons (Fsp3) is 0.692. The number of hydrogen-bond acceptors (Lipinski definition) is 3. The fourth-order valence-corrected chi connectivity index (χ4v) is 4.38. The van der Waals surface area contributed by atoms with Crippen molar-refractivity contribution in [2.45, 2.75) is 31.8 Å². The maximum Gasteiger partial charge on any atom is 0.0329 e. The van der Waals surface area contributed by atoms with Crippen LogP contribution in [0.25, 0.3) is 0 Å². The number of rotatable bonds is 3. The molecule has 1 saturated carbocycles. The number of halogens is 1. The molecule has 2 heterocycles. The third-order valence-electron chi connectivity index (χ3n) is 3.99. The average molecular weight is 315 g/mol. The summed E-state index contributed by atoms with van der Waals surface area (Å²) in [5.74, 6) is 0.917. The van der Waals surface area contributed by atoms with E-state index in [9.17, 15) is 0 Å². The maximum atomic E-state index is 3.73. The largest absolute Gasteiger partial charge is 0.309 e. The van der Waals surface area contributed by atoms with Crippen molar-refractivity contribution in [2.24, 2.45) is 5.92 Å². The SMILES string of the molecule is CC1(C2CC2)CN(Cc2cc(Br)cs2)CCN1. The monoisotopic (exact) mass is 314 g/mol. The topological polar surface area (TPSA) is 15.3 Å². The first-order valence-electron chi connectivity index (χ1n) is 6.36. The lowest BCUT2D eigenvalue weighted by Crippen LogP contribution is -2.59. The Morgan fingerprint density at radius 2 is 2.41 bits per heavy atom. The fourth-order valence-electron chi connectivity index (χ4n) is 2.89. The highest BCUT2D eigenvalue weighted by Crippen LogP contribution is 2.41. The molecule has 1 aliphatic carbocycles. The zero-order valence-electron chi connectivity index (χ0n) is 10.2. The van der Waals surface area contributed by atoms with Gasteiger partial charge in [-0.2, -0.15) is 0 Å². The first kappa shape index (κ1) is 12.2. The average Bonchev–Trinajstić information content (AvgIpc) is 3.05. The molecule has 1 saturated heterocycles. The molecule has 1 N–H and O–H groups in total. The van der Waals surface area contributed by atoms with Gasteiger partial charge < -0.3 is 5.32 Å². The Bertz CT molecular complexity index is 402. The van der Waals surface area contributed by atoms with E-state index in [0.717, 1.165) is 19.0 Å². The van der Waals surface area contributed by atoms with Crippen LogP contribution in [0.1, 0.15) is 24.6 Å². The van der Waals surface area contributed by atoms with Crippen LogP contribution in [0, 0.1) is 5.92 Å². The molecule has 1 aromatic heterocycles. The standard InChI is InChI=1S/C13H19BrN2S/c1-13(10-2-3-10)9-16(5-4-15-13)7-12-6-11(14)8-17-12/h6,8,10,15H,2-5,7,9H2,1H3. The smallest absolute Gasteiger partial charge is 0.0329 e. The Balaban J connectivity index is 1.63. The molecule has 0 bridgehead atoms. The van der Waals surface area contributed by atoms with Gasteiger partial charge in [-0.25, -0.2) is 0 Å². The van der Waals surface area contributed by atoms with E-state index in [-0.39, 0.29) is 0 Å². The van der Waals surface area contributed by atoms with Gasteiger partial charge in [0, 0.05) is 46.4 Å². The quantitative estimate of drug-likeness (QED) is 0.922. The number of piperazine rings is 1. The molecular formula is C13H19BrN2S. The molecular weight excluding hydrogens is 296 g/mol. The van der Waals surface area contributed by atoms with E-state index >= 15 is 0 Å². The predicted octanol–water partition coefficient (Wildman–Crippen LogP) is 3.08. The summed E-state index contributed by atoms with van der Waals surface area (Å²) in [6.07, 6.45) is 2.84. The molecule has 2 aliphatic rings. The third-order valence-corrected chi connectivity index (χ3v) is 5.67. The zero-order valence-corrected chi connectivity index (χ0v) is 12.6. The Hall–Kier alpha value is 0.1000. The minimum absolute atomic E-state index is 0.368. The Morgan fingerprint density at radius 1 is 1.59 bits per heavy atom. The molecule has 1 aliphatic heterocycles. The number of thiophene rings is 1. The van der Waals surface area contributed by atoms with Gasteiger partial charge in [-0.05, 0) is 47.7 Å². The molecule has 3 rings (SSSR count). The predicted molar refractivity (Wildman–Crippen MR) is 76.4 cm³/mol. The number of nitrogens with one attached hydrogen (secondary N) is 1. The molecule has 1 unspecified atom stereocenters. The highest BCUT2D eigenvalue weighted by atomic mass is 79.9. The molecule has 0 radical (unpaired) electrons. The van der Waals surface area contributed by atoms with Crippen molar-refractivity contribution >= 4 is 27.3 Å². The van der Waals surface area contributed by atoms with E-state index in [0.29, 0.717) is 5.54 Å². The van der Waals surface area contributed by atoms with Crippen LogP contribution < -0.4 is 5.32 Å². The van der Waals surface area contributed by atoms with Gasteiger partial charge in [0.25, 0.3) is 0 Å². The van der Waals surface area contributed by atoms with Gasteiger partial charge in [0.05, 0.1) is 0 Å². The normalized spacial score (nSPS) is 30.7. The molecule has 17 heavy (non-hydrogen) atoms. The lowest BCUT2D eigenvalue weighted by atomic mass is 9.93. The molecule has 4 heteroatoms. The molecule has 2 fully saturated rings. The summed E-state index contributed by atoms with van der Waals surface area (Å²) in [4.78, 5) is 4.07. The second-order valence-corrected chi connectivity index (χ2v) is 7.47. The van der Waals surface area contributed by atoms with Crippen LogP contribution in [0.3, 0.4) is 0 Å². The van der Waals surface area contributed by atoms with E-state index in [1.165, 1.54) is 35.3 Å². The van der Waals surface area contributed by atoms with Crippen LogP contribution in [-0.2, 0) is 6.54 Å². The Labute approximate surface area is 116 Å². The van der Waals surface area contributed by atoms with Gasteiger partial charge in [-0.1, -0.05) is 0 Å². The minimum atomic E-state index is 0.368. The first-order chi connectivity index (χ1) is 8.16. The molecule has 1 atom stereocenters. The van der Waals surface area contributed by atoms with Crippen LogP contribution in [0.5, 0.6) is 0 Å². The molecule has 1 aromatic rings. The summed E-state index contributed by atoms with van der Waals surface area (Å²) in [6, 6.07) is 2.25. The second kappa shape index (κ2) is 4.65. The molecule has 0 amide bonds. The lowest BCUT2D eigenvalue weighted by molar-refractivity contribution is 0.122. The van der Waals surface area contributed by atoms with Gasteiger partial charge in [0.2, 0.25) is 0 Å².